The van der Waals surface area contributed by atoms with E-state index in [2.05, 4.69) is 11.9 Å². The molecule has 0 aliphatic carbocycles. The molecule has 1 fully saturated rings. The standard InChI is InChI=1S/C17H10Cl2N2O4S/c1-2-3-21-16(24)11(15(23)20-17(21)26)4-8-7-25-14-10(13(8)22)5-9(18)6-12(14)19/h2,4-7H,1,3H2,(H,20,23,26). The predicted octanol–water partition coefficient (Wildman–Crippen LogP) is 2.91. The van der Waals surface area contributed by atoms with Gasteiger partial charge in [0.15, 0.2) is 16.1 Å². The lowest BCUT2D eigenvalue weighted by Crippen LogP contribution is -2.53. The minimum absolute atomic E-state index is 0.000653. The van der Waals surface area contributed by atoms with Gasteiger partial charge >= 0.3 is 0 Å². The monoisotopic (exact) mass is 408 g/mol. The summed E-state index contributed by atoms with van der Waals surface area (Å²) in [5, 5.41) is 2.94. The molecule has 1 aliphatic heterocycles. The molecule has 1 aliphatic rings. The second-order valence-electron chi connectivity index (χ2n) is 5.31. The second-order valence-corrected chi connectivity index (χ2v) is 6.54. The van der Waals surface area contributed by atoms with Crippen LogP contribution < -0.4 is 10.7 Å². The topological polar surface area (TPSA) is 79.6 Å². The van der Waals surface area contributed by atoms with Crippen LogP contribution in [0, 0.1) is 0 Å². The first-order chi connectivity index (χ1) is 12.3. The van der Waals surface area contributed by atoms with E-state index in [4.69, 9.17) is 39.8 Å². The van der Waals surface area contributed by atoms with E-state index in [1.54, 1.807) is 0 Å². The summed E-state index contributed by atoms with van der Waals surface area (Å²) in [5.74, 6) is -1.34. The predicted molar refractivity (Wildman–Crippen MR) is 103 cm³/mol. The van der Waals surface area contributed by atoms with E-state index >= 15 is 0 Å². The Bertz CT molecular complexity index is 1070. The third-order valence-electron chi connectivity index (χ3n) is 3.62. The molecule has 1 N–H and O–H groups in total. The maximum atomic E-state index is 12.7. The first-order valence-corrected chi connectivity index (χ1v) is 8.40. The van der Waals surface area contributed by atoms with Crippen LogP contribution in [-0.2, 0) is 9.59 Å². The van der Waals surface area contributed by atoms with Gasteiger partial charge in [-0.2, -0.15) is 0 Å². The van der Waals surface area contributed by atoms with Gasteiger partial charge in [-0.3, -0.25) is 24.6 Å². The molecule has 6 nitrogen and oxygen atoms in total. The average Bonchev–Trinajstić information content (AvgIpc) is 2.57. The number of nitrogens with one attached hydrogen (secondary N) is 1. The molecule has 0 radical (unpaired) electrons. The summed E-state index contributed by atoms with van der Waals surface area (Å²) in [4.78, 5) is 38.5. The first-order valence-electron chi connectivity index (χ1n) is 7.23. The molecule has 9 heteroatoms. The van der Waals surface area contributed by atoms with Gasteiger partial charge in [0.1, 0.15) is 11.8 Å². The number of hydrogen-bond donors (Lipinski definition) is 1. The van der Waals surface area contributed by atoms with Crippen molar-refractivity contribution in [3.63, 3.8) is 0 Å². The Kier molecular flexibility index (Phi) is 4.95. The van der Waals surface area contributed by atoms with Crippen molar-refractivity contribution in [1.82, 2.24) is 10.2 Å². The van der Waals surface area contributed by atoms with Gasteiger partial charge in [0, 0.05) is 11.6 Å². The number of benzene rings is 1. The molecule has 2 amide bonds. The largest absolute Gasteiger partial charge is 0.462 e. The molecule has 2 aromatic rings. The lowest BCUT2D eigenvalue weighted by Gasteiger charge is -2.27. The van der Waals surface area contributed by atoms with E-state index in [0.717, 1.165) is 17.2 Å². The smallest absolute Gasteiger partial charge is 0.265 e. The van der Waals surface area contributed by atoms with Crippen LogP contribution in [0.4, 0.5) is 0 Å². The molecule has 1 aromatic carbocycles. The van der Waals surface area contributed by atoms with Crippen molar-refractivity contribution in [3.05, 3.63) is 62.5 Å². The Morgan fingerprint density at radius 2 is 2.00 bits per heavy atom. The molecule has 1 aromatic heterocycles. The zero-order chi connectivity index (χ0) is 19.0. The number of hydrogen-bond acceptors (Lipinski definition) is 5. The summed E-state index contributed by atoms with van der Waals surface area (Å²) in [5.41, 5.74) is -0.565. The van der Waals surface area contributed by atoms with E-state index in [0.29, 0.717) is 0 Å². The maximum absolute atomic E-state index is 12.7. The molecule has 0 saturated carbocycles. The third-order valence-corrected chi connectivity index (χ3v) is 4.44. The van der Waals surface area contributed by atoms with Crippen LogP contribution in [0.25, 0.3) is 17.0 Å². The lowest BCUT2D eigenvalue weighted by molar-refractivity contribution is -0.128. The highest BCUT2D eigenvalue weighted by Gasteiger charge is 2.32. The number of rotatable bonds is 3. The van der Waals surface area contributed by atoms with Gasteiger partial charge in [0.2, 0.25) is 0 Å². The van der Waals surface area contributed by atoms with Gasteiger partial charge in [-0.05, 0) is 30.4 Å². The van der Waals surface area contributed by atoms with Crippen LogP contribution in [-0.4, -0.2) is 28.4 Å². The second kappa shape index (κ2) is 7.03. The fourth-order valence-electron chi connectivity index (χ4n) is 2.42. The highest BCUT2D eigenvalue weighted by Crippen LogP contribution is 2.26. The van der Waals surface area contributed by atoms with Crippen LogP contribution in [0.2, 0.25) is 10.0 Å². The van der Waals surface area contributed by atoms with Gasteiger partial charge in [0.05, 0.1) is 16.0 Å². The zero-order valence-electron chi connectivity index (χ0n) is 13.0. The van der Waals surface area contributed by atoms with Gasteiger partial charge in [0.25, 0.3) is 11.8 Å². The van der Waals surface area contributed by atoms with Gasteiger partial charge < -0.3 is 4.42 Å². The van der Waals surface area contributed by atoms with Crippen molar-refractivity contribution in [2.24, 2.45) is 0 Å². The number of fused-ring (bicyclic) bond motifs is 1. The summed E-state index contributed by atoms with van der Waals surface area (Å²) in [7, 11) is 0. The molecule has 3 rings (SSSR count). The van der Waals surface area contributed by atoms with E-state index in [1.165, 1.54) is 18.2 Å². The van der Waals surface area contributed by atoms with Crippen molar-refractivity contribution < 1.29 is 14.0 Å². The summed E-state index contributed by atoms with van der Waals surface area (Å²) in [6.07, 6.45) is 3.74. The highest BCUT2D eigenvalue weighted by molar-refractivity contribution is 7.80. The van der Waals surface area contributed by atoms with Crippen molar-refractivity contribution in [1.29, 1.82) is 0 Å². The quantitative estimate of drug-likeness (QED) is 0.365. The fourth-order valence-corrected chi connectivity index (χ4v) is 3.21. The Balaban J connectivity index is 2.14. The van der Waals surface area contributed by atoms with Crippen LogP contribution in [0.1, 0.15) is 5.56 Å². The number of thiocarbonyl (C=S) groups is 1. The van der Waals surface area contributed by atoms with Crippen molar-refractivity contribution >= 4 is 69.4 Å². The molecule has 0 unspecified atom stereocenters. The summed E-state index contributed by atoms with van der Waals surface area (Å²) in [6, 6.07) is 2.84. The molecule has 26 heavy (non-hydrogen) atoms. The number of nitrogens with zero attached hydrogens (tertiary/aromatic N) is 1. The molecule has 2 heterocycles. The Morgan fingerprint density at radius 1 is 1.27 bits per heavy atom. The number of amides is 2. The van der Waals surface area contributed by atoms with Crippen LogP contribution in [0.15, 0.2) is 45.8 Å². The Morgan fingerprint density at radius 3 is 2.69 bits per heavy atom. The highest BCUT2D eigenvalue weighted by atomic mass is 35.5. The fraction of sp³-hybridized carbons (Fsp3) is 0.0588. The first kappa shape index (κ1) is 18.3. The lowest BCUT2D eigenvalue weighted by atomic mass is 10.1. The molecular weight excluding hydrogens is 399 g/mol. The zero-order valence-corrected chi connectivity index (χ0v) is 15.4. The minimum Gasteiger partial charge on any atom is -0.462 e. The van der Waals surface area contributed by atoms with Crippen LogP contribution >= 0.6 is 35.4 Å². The Labute approximate surface area is 162 Å². The van der Waals surface area contributed by atoms with Gasteiger partial charge in [-0.25, -0.2) is 0 Å². The van der Waals surface area contributed by atoms with Crippen molar-refractivity contribution in [2.75, 3.05) is 6.54 Å². The summed E-state index contributed by atoms with van der Waals surface area (Å²) >= 11 is 16.9. The van der Waals surface area contributed by atoms with E-state index in [1.807, 2.05) is 0 Å². The number of carbonyl (C=O) groups excluding carboxylic acids is 2. The van der Waals surface area contributed by atoms with Crippen molar-refractivity contribution in [2.45, 2.75) is 0 Å². The molecule has 0 spiro atoms. The molecule has 1 saturated heterocycles. The van der Waals surface area contributed by atoms with Gasteiger partial charge in [-0.1, -0.05) is 29.3 Å². The Hall–Kier alpha value is -2.48. The van der Waals surface area contributed by atoms with Crippen LogP contribution in [0.3, 0.4) is 0 Å². The molecule has 132 valence electrons. The van der Waals surface area contributed by atoms with E-state index < -0.39 is 17.2 Å². The summed E-state index contributed by atoms with van der Waals surface area (Å²) in [6.45, 7) is 3.66. The minimum atomic E-state index is -0.705. The van der Waals surface area contributed by atoms with E-state index in [9.17, 15) is 14.4 Å². The van der Waals surface area contributed by atoms with Crippen LogP contribution in [0.5, 0.6) is 0 Å². The normalized spacial score (nSPS) is 16.3. The summed E-state index contributed by atoms with van der Waals surface area (Å²) < 4.78 is 5.38. The van der Waals surface area contributed by atoms with Gasteiger partial charge in [-0.15, -0.1) is 6.58 Å². The average molecular weight is 409 g/mol. The van der Waals surface area contributed by atoms with E-state index in [-0.39, 0.29) is 43.8 Å². The number of halogens is 2. The molecular formula is C17H10Cl2N2O4S. The number of carbonyl (C=O) groups is 2. The van der Waals surface area contributed by atoms with Crippen molar-refractivity contribution in [3.8, 4) is 0 Å². The third kappa shape index (κ3) is 3.16. The maximum Gasteiger partial charge on any atom is 0.265 e. The molecule has 0 atom stereocenters. The molecule has 0 bridgehead atoms. The SMILES string of the molecule is C=CCN1C(=O)C(=Cc2coc3c(Cl)cc(Cl)cc3c2=O)C(=O)NC1=S.